The van der Waals surface area contributed by atoms with E-state index in [-0.39, 0.29) is 0 Å². The van der Waals surface area contributed by atoms with Crippen LogP contribution in [0, 0.1) is 5.92 Å². The predicted molar refractivity (Wildman–Crippen MR) is 77.2 cm³/mol. The van der Waals surface area contributed by atoms with Crippen LogP contribution < -0.4 is 0 Å². The van der Waals surface area contributed by atoms with Gasteiger partial charge in [0, 0.05) is 6.61 Å². The van der Waals surface area contributed by atoms with Crippen molar-refractivity contribution in [3.8, 4) is 0 Å². The van der Waals surface area contributed by atoms with Gasteiger partial charge in [0.05, 0.1) is 0 Å². The van der Waals surface area contributed by atoms with Crippen molar-refractivity contribution in [1.82, 2.24) is 0 Å². The van der Waals surface area contributed by atoms with Crippen LogP contribution in [0.4, 0.5) is 0 Å². The van der Waals surface area contributed by atoms with Crippen LogP contribution in [0.25, 0.3) is 0 Å². The summed E-state index contributed by atoms with van der Waals surface area (Å²) in [5.41, 5.74) is 0. The number of hydrogen-bond acceptors (Lipinski definition) is 1. The van der Waals surface area contributed by atoms with Crippen molar-refractivity contribution in [2.24, 2.45) is 5.92 Å². The first kappa shape index (κ1) is 16.7. The van der Waals surface area contributed by atoms with Crippen LogP contribution in [-0.4, -0.2) is 11.7 Å². The molecule has 0 heterocycles. The van der Waals surface area contributed by atoms with Gasteiger partial charge in [-0.25, -0.2) is 0 Å². The Morgan fingerprint density at radius 1 is 0.882 bits per heavy atom. The fourth-order valence-electron chi connectivity index (χ4n) is 2.05. The molecule has 1 unspecified atom stereocenters. The molecule has 0 saturated carbocycles. The summed E-state index contributed by atoms with van der Waals surface area (Å²) in [6.45, 7) is 4.79. The molecule has 1 nitrogen and oxygen atoms in total. The van der Waals surface area contributed by atoms with E-state index in [0.717, 1.165) is 6.42 Å². The molecule has 0 spiro atoms. The Morgan fingerprint density at radius 3 is 2.18 bits per heavy atom. The third-order valence-corrected chi connectivity index (χ3v) is 3.30. The van der Waals surface area contributed by atoms with E-state index < -0.39 is 0 Å². The maximum absolute atomic E-state index is 9.27. The smallest absolute Gasteiger partial charge is 0.0493 e. The first-order valence-corrected chi connectivity index (χ1v) is 7.62. The fraction of sp³-hybridized carbons (Fsp3) is 0.875. The van der Waals surface area contributed by atoms with Gasteiger partial charge in [0.1, 0.15) is 0 Å². The fourth-order valence-corrected chi connectivity index (χ4v) is 2.05. The molecule has 0 bridgehead atoms. The lowest BCUT2D eigenvalue weighted by atomic mass is 10.00. The largest absolute Gasteiger partial charge is 0.396 e. The second-order valence-corrected chi connectivity index (χ2v) is 5.07. The van der Waals surface area contributed by atoms with Gasteiger partial charge in [-0.3, -0.25) is 0 Å². The number of unbranched alkanes of at least 4 members (excludes halogenated alkanes) is 7. The monoisotopic (exact) mass is 240 g/mol. The minimum absolute atomic E-state index is 0.317. The summed E-state index contributed by atoms with van der Waals surface area (Å²) in [6, 6.07) is 0. The van der Waals surface area contributed by atoms with Crippen LogP contribution >= 0.6 is 0 Å². The zero-order valence-electron chi connectivity index (χ0n) is 12.0. The number of aliphatic hydroxyl groups excluding tert-OH is 1. The van der Waals surface area contributed by atoms with Crippen LogP contribution in [0.2, 0.25) is 0 Å². The van der Waals surface area contributed by atoms with E-state index in [9.17, 15) is 5.11 Å². The van der Waals surface area contributed by atoms with Gasteiger partial charge in [-0.2, -0.15) is 0 Å². The van der Waals surface area contributed by atoms with Crippen molar-refractivity contribution in [3.05, 3.63) is 12.2 Å². The van der Waals surface area contributed by atoms with E-state index in [1.165, 1.54) is 57.8 Å². The van der Waals surface area contributed by atoms with Crippen LogP contribution in [-0.2, 0) is 0 Å². The van der Waals surface area contributed by atoms with Gasteiger partial charge in [0.2, 0.25) is 0 Å². The zero-order chi connectivity index (χ0) is 12.8. The van der Waals surface area contributed by atoms with Gasteiger partial charge >= 0.3 is 0 Å². The highest BCUT2D eigenvalue weighted by Crippen LogP contribution is 2.13. The lowest BCUT2D eigenvalue weighted by molar-refractivity contribution is 0.243. The van der Waals surface area contributed by atoms with Crippen molar-refractivity contribution in [2.75, 3.05) is 6.61 Å². The highest BCUT2D eigenvalue weighted by Gasteiger charge is 2.02. The van der Waals surface area contributed by atoms with E-state index in [0.29, 0.717) is 12.5 Å². The zero-order valence-corrected chi connectivity index (χ0v) is 12.0. The minimum atomic E-state index is 0.317. The number of rotatable bonds is 12. The van der Waals surface area contributed by atoms with E-state index in [2.05, 4.69) is 26.0 Å². The predicted octanol–water partition coefficient (Wildman–Crippen LogP) is 5.09. The number of allylic oxidation sites excluding steroid dienone is 1. The highest BCUT2D eigenvalue weighted by molar-refractivity contribution is 4.88. The van der Waals surface area contributed by atoms with Gasteiger partial charge in [-0.1, -0.05) is 77.4 Å². The van der Waals surface area contributed by atoms with Gasteiger partial charge < -0.3 is 5.11 Å². The molecule has 0 radical (unpaired) electrons. The Balaban J connectivity index is 3.43. The molecule has 1 atom stereocenters. The third kappa shape index (κ3) is 12.0. The van der Waals surface area contributed by atoms with Crippen molar-refractivity contribution in [3.63, 3.8) is 0 Å². The van der Waals surface area contributed by atoms with E-state index in [4.69, 9.17) is 0 Å². The first-order valence-electron chi connectivity index (χ1n) is 7.62. The summed E-state index contributed by atoms with van der Waals surface area (Å²) < 4.78 is 0. The molecule has 0 amide bonds. The Labute approximate surface area is 108 Å². The molecular weight excluding hydrogens is 208 g/mol. The molecule has 17 heavy (non-hydrogen) atoms. The molecule has 0 rings (SSSR count). The molecule has 1 N–H and O–H groups in total. The SMILES string of the molecule is CCCC/C=C/C(CO)CCCCCCCC. The Kier molecular flexibility index (Phi) is 13.5. The van der Waals surface area contributed by atoms with Crippen LogP contribution in [0.15, 0.2) is 12.2 Å². The van der Waals surface area contributed by atoms with Crippen molar-refractivity contribution in [1.29, 1.82) is 0 Å². The first-order chi connectivity index (χ1) is 8.35. The molecule has 0 aromatic rings. The molecular formula is C16H32O. The number of aliphatic hydroxyl groups is 1. The summed E-state index contributed by atoms with van der Waals surface area (Å²) in [5.74, 6) is 0.401. The average molecular weight is 240 g/mol. The number of hydrogen-bond donors (Lipinski definition) is 1. The quantitative estimate of drug-likeness (QED) is 0.372. The molecule has 102 valence electrons. The summed E-state index contributed by atoms with van der Waals surface area (Å²) in [4.78, 5) is 0. The average Bonchev–Trinajstić information content (AvgIpc) is 2.36. The van der Waals surface area contributed by atoms with Gasteiger partial charge in [-0.15, -0.1) is 0 Å². The summed E-state index contributed by atoms with van der Waals surface area (Å²) >= 11 is 0. The minimum Gasteiger partial charge on any atom is -0.396 e. The lowest BCUT2D eigenvalue weighted by Crippen LogP contribution is -2.02. The Bertz CT molecular complexity index is 163. The van der Waals surface area contributed by atoms with Gasteiger partial charge in [-0.05, 0) is 18.8 Å². The Hall–Kier alpha value is -0.300. The molecule has 1 heteroatoms. The maximum atomic E-state index is 9.27. The van der Waals surface area contributed by atoms with Crippen LogP contribution in [0.5, 0.6) is 0 Å². The molecule has 0 aliphatic rings. The van der Waals surface area contributed by atoms with Gasteiger partial charge in [0.25, 0.3) is 0 Å². The summed E-state index contributed by atoms with van der Waals surface area (Å²) in [6.07, 6.45) is 17.4. The van der Waals surface area contributed by atoms with Crippen LogP contribution in [0.1, 0.15) is 78.1 Å². The highest BCUT2D eigenvalue weighted by atomic mass is 16.3. The maximum Gasteiger partial charge on any atom is 0.0493 e. The standard InChI is InChI=1S/C16H32O/c1-3-5-7-9-10-12-14-16(15-17)13-11-8-6-4-2/h11,13,16-17H,3-10,12,14-15H2,1-2H3/b13-11+. The molecule has 0 fully saturated rings. The molecule has 0 aliphatic heterocycles. The molecule has 0 aromatic heterocycles. The topological polar surface area (TPSA) is 20.2 Å². The van der Waals surface area contributed by atoms with E-state index in [1.807, 2.05) is 0 Å². The molecule has 0 saturated heterocycles. The molecule has 0 aliphatic carbocycles. The van der Waals surface area contributed by atoms with E-state index >= 15 is 0 Å². The normalized spacial score (nSPS) is 13.4. The summed E-state index contributed by atoms with van der Waals surface area (Å²) in [5, 5.41) is 9.27. The Morgan fingerprint density at radius 2 is 1.53 bits per heavy atom. The summed E-state index contributed by atoms with van der Waals surface area (Å²) in [7, 11) is 0. The molecule has 0 aromatic carbocycles. The van der Waals surface area contributed by atoms with Gasteiger partial charge in [0.15, 0.2) is 0 Å². The van der Waals surface area contributed by atoms with Crippen molar-refractivity contribution in [2.45, 2.75) is 78.1 Å². The van der Waals surface area contributed by atoms with E-state index in [1.54, 1.807) is 0 Å². The van der Waals surface area contributed by atoms with Crippen molar-refractivity contribution < 1.29 is 5.11 Å². The lowest BCUT2D eigenvalue weighted by Gasteiger charge is -2.09. The van der Waals surface area contributed by atoms with Crippen molar-refractivity contribution >= 4 is 0 Å². The second kappa shape index (κ2) is 13.8. The third-order valence-electron chi connectivity index (χ3n) is 3.30. The van der Waals surface area contributed by atoms with Crippen LogP contribution in [0.3, 0.4) is 0 Å². The second-order valence-electron chi connectivity index (χ2n) is 5.07.